The second kappa shape index (κ2) is 6.74. The zero-order valence-corrected chi connectivity index (χ0v) is 10.8. The minimum atomic E-state index is 0.786. The Morgan fingerprint density at radius 1 is 1.12 bits per heavy atom. The summed E-state index contributed by atoms with van der Waals surface area (Å²) in [5.74, 6) is 1.64. The largest absolute Gasteiger partial charge is 0.338 e. The normalized spacial score (nSPS) is 18.9. The van der Waals surface area contributed by atoms with Crippen LogP contribution in [-0.2, 0) is 13.0 Å². The number of aromatic nitrogens is 2. The third-order valence-corrected chi connectivity index (χ3v) is 3.29. The Bertz CT molecular complexity index is 316. The number of likely N-dealkylation sites (tertiary alicyclic amines) is 1. The highest BCUT2D eigenvalue weighted by molar-refractivity contribution is 4.86. The van der Waals surface area contributed by atoms with Crippen molar-refractivity contribution in [2.24, 2.45) is 0 Å². The SMILES string of the molecule is CCCc1noc(CN2CCCCCCC2)n1. The minimum absolute atomic E-state index is 0.786. The fourth-order valence-electron chi connectivity index (χ4n) is 2.34. The van der Waals surface area contributed by atoms with Gasteiger partial charge >= 0.3 is 0 Å². The second-order valence-electron chi connectivity index (χ2n) is 4.90. The summed E-state index contributed by atoms with van der Waals surface area (Å²) in [5.41, 5.74) is 0. The van der Waals surface area contributed by atoms with Gasteiger partial charge in [-0.05, 0) is 32.4 Å². The molecule has 4 nitrogen and oxygen atoms in total. The van der Waals surface area contributed by atoms with Crippen LogP contribution < -0.4 is 0 Å². The van der Waals surface area contributed by atoms with Crippen LogP contribution in [0.15, 0.2) is 4.52 Å². The Kier molecular flexibility index (Phi) is 4.98. The lowest BCUT2D eigenvalue weighted by Crippen LogP contribution is -2.27. The number of rotatable bonds is 4. The molecule has 2 heterocycles. The van der Waals surface area contributed by atoms with Crippen LogP contribution in [0.3, 0.4) is 0 Å². The van der Waals surface area contributed by atoms with E-state index in [0.29, 0.717) is 0 Å². The second-order valence-corrected chi connectivity index (χ2v) is 4.90. The van der Waals surface area contributed by atoms with Crippen molar-refractivity contribution in [2.45, 2.75) is 58.4 Å². The van der Waals surface area contributed by atoms with Gasteiger partial charge in [0.2, 0.25) is 5.89 Å². The molecule has 0 aliphatic carbocycles. The Labute approximate surface area is 103 Å². The van der Waals surface area contributed by atoms with Gasteiger partial charge in [0, 0.05) is 6.42 Å². The van der Waals surface area contributed by atoms with Crippen molar-refractivity contribution in [1.29, 1.82) is 0 Å². The first-order valence-electron chi connectivity index (χ1n) is 6.92. The van der Waals surface area contributed by atoms with E-state index in [-0.39, 0.29) is 0 Å². The topological polar surface area (TPSA) is 42.2 Å². The zero-order valence-electron chi connectivity index (χ0n) is 10.8. The van der Waals surface area contributed by atoms with Crippen molar-refractivity contribution in [3.05, 3.63) is 11.7 Å². The molecule has 1 aromatic rings. The Hall–Kier alpha value is -0.900. The molecule has 96 valence electrons. The Morgan fingerprint density at radius 2 is 1.82 bits per heavy atom. The van der Waals surface area contributed by atoms with E-state index < -0.39 is 0 Å². The van der Waals surface area contributed by atoms with Crippen LogP contribution in [0.5, 0.6) is 0 Å². The first kappa shape index (κ1) is 12.6. The lowest BCUT2D eigenvalue weighted by atomic mass is 10.1. The van der Waals surface area contributed by atoms with E-state index in [1.54, 1.807) is 0 Å². The molecule has 1 saturated heterocycles. The molecule has 4 heteroatoms. The van der Waals surface area contributed by atoms with Crippen molar-refractivity contribution < 1.29 is 4.52 Å². The molecule has 0 atom stereocenters. The van der Waals surface area contributed by atoms with Crippen molar-refractivity contribution >= 4 is 0 Å². The molecule has 0 N–H and O–H groups in total. The van der Waals surface area contributed by atoms with Gasteiger partial charge in [0.25, 0.3) is 0 Å². The van der Waals surface area contributed by atoms with Gasteiger partial charge < -0.3 is 4.52 Å². The summed E-state index contributed by atoms with van der Waals surface area (Å²) in [6, 6.07) is 0. The van der Waals surface area contributed by atoms with Gasteiger partial charge in [-0.3, -0.25) is 4.90 Å². The van der Waals surface area contributed by atoms with E-state index in [1.165, 1.54) is 45.2 Å². The molecule has 2 rings (SSSR count). The molecule has 17 heavy (non-hydrogen) atoms. The third kappa shape index (κ3) is 4.11. The Balaban J connectivity index is 1.84. The average Bonchev–Trinajstić information content (AvgIpc) is 2.70. The van der Waals surface area contributed by atoms with Crippen molar-refractivity contribution in [1.82, 2.24) is 15.0 Å². The summed E-state index contributed by atoms with van der Waals surface area (Å²) in [7, 11) is 0. The first-order chi connectivity index (χ1) is 8.38. The highest BCUT2D eigenvalue weighted by Crippen LogP contribution is 2.12. The first-order valence-corrected chi connectivity index (χ1v) is 6.92. The fraction of sp³-hybridized carbons (Fsp3) is 0.846. The van der Waals surface area contributed by atoms with Crippen LogP contribution in [0.25, 0.3) is 0 Å². The van der Waals surface area contributed by atoms with Gasteiger partial charge in [-0.2, -0.15) is 4.98 Å². The summed E-state index contributed by atoms with van der Waals surface area (Å²) in [6.07, 6.45) is 8.72. The molecule has 0 amide bonds. The highest BCUT2D eigenvalue weighted by atomic mass is 16.5. The maximum absolute atomic E-state index is 5.29. The van der Waals surface area contributed by atoms with Gasteiger partial charge in [0.1, 0.15) is 0 Å². The minimum Gasteiger partial charge on any atom is -0.338 e. The summed E-state index contributed by atoms with van der Waals surface area (Å²) in [5, 5.41) is 4.00. The van der Waals surface area contributed by atoms with Crippen LogP contribution in [0.1, 0.15) is 57.2 Å². The van der Waals surface area contributed by atoms with E-state index in [1.807, 2.05) is 0 Å². The summed E-state index contributed by atoms with van der Waals surface area (Å²) in [6.45, 7) is 5.31. The maximum Gasteiger partial charge on any atom is 0.240 e. The van der Waals surface area contributed by atoms with E-state index in [9.17, 15) is 0 Å². The Morgan fingerprint density at radius 3 is 2.53 bits per heavy atom. The molecule has 0 bridgehead atoms. The predicted octanol–water partition coefficient (Wildman–Crippen LogP) is 2.79. The zero-order chi connectivity index (χ0) is 11.9. The standard InChI is InChI=1S/C13H23N3O/c1-2-8-12-14-13(17-15-12)11-16-9-6-4-3-5-7-10-16/h2-11H2,1H3. The number of hydrogen-bond acceptors (Lipinski definition) is 4. The van der Waals surface area contributed by atoms with Crippen molar-refractivity contribution in [3.8, 4) is 0 Å². The summed E-state index contributed by atoms with van der Waals surface area (Å²) in [4.78, 5) is 6.88. The summed E-state index contributed by atoms with van der Waals surface area (Å²) < 4.78 is 5.29. The van der Waals surface area contributed by atoms with Gasteiger partial charge in [-0.25, -0.2) is 0 Å². The number of hydrogen-bond donors (Lipinski definition) is 0. The van der Waals surface area contributed by atoms with Crippen LogP contribution in [0, 0.1) is 0 Å². The van der Waals surface area contributed by atoms with Crippen LogP contribution in [0.4, 0.5) is 0 Å². The third-order valence-electron chi connectivity index (χ3n) is 3.29. The van der Waals surface area contributed by atoms with Crippen molar-refractivity contribution in [2.75, 3.05) is 13.1 Å². The van der Waals surface area contributed by atoms with Crippen molar-refractivity contribution in [3.63, 3.8) is 0 Å². The van der Waals surface area contributed by atoms with E-state index >= 15 is 0 Å². The van der Waals surface area contributed by atoms with Crippen LogP contribution >= 0.6 is 0 Å². The molecule has 0 spiro atoms. The smallest absolute Gasteiger partial charge is 0.240 e. The van der Waals surface area contributed by atoms with E-state index in [4.69, 9.17) is 4.52 Å². The molecule has 1 aromatic heterocycles. The lowest BCUT2D eigenvalue weighted by Gasteiger charge is -2.22. The fourth-order valence-corrected chi connectivity index (χ4v) is 2.34. The van der Waals surface area contributed by atoms with E-state index in [2.05, 4.69) is 22.0 Å². The molecule has 0 aromatic carbocycles. The molecular formula is C13H23N3O. The molecule has 1 aliphatic rings. The number of nitrogens with zero attached hydrogens (tertiary/aromatic N) is 3. The maximum atomic E-state index is 5.29. The van der Waals surface area contributed by atoms with Gasteiger partial charge in [-0.15, -0.1) is 0 Å². The molecule has 0 radical (unpaired) electrons. The van der Waals surface area contributed by atoms with Crippen LogP contribution in [0.2, 0.25) is 0 Å². The van der Waals surface area contributed by atoms with Gasteiger partial charge in [0.05, 0.1) is 6.54 Å². The highest BCUT2D eigenvalue weighted by Gasteiger charge is 2.12. The molecule has 1 aliphatic heterocycles. The predicted molar refractivity (Wildman–Crippen MR) is 66.7 cm³/mol. The van der Waals surface area contributed by atoms with Gasteiger partial charge in [-0.1, -0.05) is 31.3 Å². The number of aryl methyl sites for hydroxylation is 1. The molecule has 1 fully saturated rings. The van der Waals surface area contributed by atoms with Gasteiger partial charge in [0.15, 0.2) is 5.82 Å². The summed E-state index contributed by atoms with van der Waals surface area (Å²) >= 11 is 0. The average molecular weight is 237 g/mol. The molecule has 0 unspecified atom stereocenters. The molecular weight excluding hydrogens is 214 g/mol. The lowest BCUT2D eigenvalue weighted by molar-refractivity contribution is 0.208. The monoisotopic (exact) mass is 237 g/mol. The molecule has 0 saturated carbocycles. The van der Waals surface area contributed by atoms with Crippen LogP contribution in [-0.4, -0.2) is 28.1 Å². The van der Waals surface area contributed by atoms with E-state index in [0.717, 1.165) is 31.1 Å². The quantitative estimate of drug-likeness (QED) is 0.807.